The molecule has 0 bridgehead atoms. The quantitative estimate of drug-likeness (QED) is 0.593. The van der Waals surface area contributed by atoms with Gasteiger partial charge >= 0.3 is 5.97 Å². The van der Waals surface area contributed by atoms with Crippen molar-refractivity contribution in [1.82, 2.24) is 0 Å². The van der Waals surface area contributed by atoms with E-state index in [1.165, 1.54) is 6.07 Å². The van der Waals surface area contributed by atoms with Crippen molar-refractivity contribution in [2.75, 3.05) is 17.7 Å². The van der Waals surface area contributed by atoms with Crippen molar-refractivity contribution in [2.45, 2.75) is 46.6 Å². The van der Waals surface area contributed by atoms with Crippen LogP contribution in [0.1, 0.15) is 50.9 Å². The molecule has 0 aliphatic heterocycles. The lowest BCUT2D eigenvalue weighted by Gasteiger charge is -2.18. The lowest BCUT2D eigenvalue weighted by atomic mass is 10.0. The Morgan fingerprint density at radius 1 is 1.33 bits per heavy atom. The predicted molar refractivity (Wildman–Crippen MR) is 83.9 cm³/mol. The number of rotatable bonds is 7. The summed E-state index contributed by atoms with van der Waals surface area (Å²) in [4.78, 5) is 11.8. The lowest BCUT2D eigenvalue weighted by molar-refractivity contribution is 0.0527. The van der Waals surface area contributed by atoms with Crippen molar-refractivity contribution in [1.29, 1.82) is 0 Å². The van der Waals surface area contributed by atoms with Gasteiger partial charge in [-0.25, -0.2) is 9.18 Å². The van der Waals surface area contributed by atoms with Gasteiger partial charge in [-0.2, -0.15) is 0 Å². The van der Waals surface area contributed by atoms with Gasteiger partial charge in [-0.1, -0.05) is 13.8 Å². The minimum absolute atomic E-state index is 0.0892. The summed E-state index contributed by atoms with van der Waals surface area (Å²) >= 11 is 0. The van der Waals surface area contributed by atoms with Crippen LogP contribution in [0.2, 0.25) is 0 Å². The molecule has 1 rings (SSSR count). The average Bonchev–Trinajstić information content (AvgIpc) is 2.39. The second kappa shape index (κ2) is 7.86. The molecule has 4 nitrogen and oxygen atoms in total. The number of nitrogen functional groups attached to an aromatic ring is 1. The van der Waals surface area contributed by atoms with Gasteiger partial charge in [0, 0.05) is 11.7 Å². The fourth-order valence-corrected chi connectivity index (χ4v) is 2.01. The molecule has 1 atom stereocenters. The van der Waals surface area contributed by atoms with Gasteiger partial charge in [-0.15, -0.1) is 0 Å². The molecule has 0 spiro atoms. The third-order valence-corrected chi connectivity index (χ3v) is 3.21. The maximum absolute atomic E-state index is 13.9. The first-order valence-electron chi connectivity index (χ1n) is 7.37. The standard InChI is InChI=1S/C16H25FN2O2/c1-5-21-16(20)12-8-15(13(17)9-14(12)18)19-11(4)7-6-10(2)3/h8-11,19H,5-7,18H2,1-4H3. The monoisotopic (exact) mass is 296 g/mol. The number of carbonyl (C=O) groups is 1. The highest BCUT2D eigenvalue weighted by Gasteiger charge is 2.16. The number of ether oxygens (including phenoxy) is 1. The molecule has 0 saturated heterocycles. The summed E-state index contributed by atoms with van der Waals surface area (Å²) in [7, 11) is 0. The molecule has 1 aromatic carbocycles. The number of halogens is 1. The van der Waals surface area contributed by atoms with Gasteiger partial charge in [-0.3, -0.25) is 0 Å². The molecule has 0 saturated carbocycles. The van der Waals surface area contributed by atoms with Crippen molar-refractivity contribution in [3.05, 3.63) is 23.5 Å². The lowest BCUT2D eigenvalue weighted by Crippen LogP contribution is -2.18. The molecular weight excluding hydrogens is 271 g/mol. The number of nitrogens with one attached hydrogen (secondary N) is 1. The van der Waals surface area contributed by atoms with Crippen LogP contribution in [0.3, 0.4) is 0 Å². The fraction of sp³-hybridized carbons (Fsp3) is 0.562. The second-order valence-corrected chi connectivity index (χ2v) is 5.66. The Bertz CT molecular complexity index is 489. The Morgan fingerprint density at radius 2 is 2.00 bits per heavy atom. The van der Waals surface area contributed by atoms with E-state index in [1.807, 2.05) is 6.92 Å². The van der Waals surface area contributed by atoms with Gasteiger partial charge in [0.15, 0.2) is 0 Å². The maximum atomic E-state index is 13.9. The molecule has 5 heteroatoms. The van der Waals surface area contributed by atoms with Crippen LogP contribution in [-0.2, 0) is 4.74 Å². The highest BCUT2D eigenvalue weighted by atomic mass is 19.1. The van der Waals surface area contributed by atoms with Crippen molar-refractivity contribution in [3.63, 3.8) is 0 Å². The Balaban J connectivity index is 2.87. The average molecular weight is 296 g/mol. The summed E-state index contributed by atoms with van der Waals surface area (Å²) in [6.45, 7) is 8.25. The molecule has 1 unspecified atom stereocenters. The van der Waals surface area contributed by atoms with E-state index in [9.17, 15) is 9.18 Å². The van der Waals surface area contributed by atoms with Crippen LogP contribution in [0.25, 0.3) is 0 Å². The van der Waals surface area contributed by atoms with Gasteiger partial charge in [0.1, 0.15) is 5.82 Å². The molecule has 1 aromatic rings. The summed E-state index contributed by atoms with van der Waals surface area (Å²) < 4.78 is 18.9. The van der Waals surface area contributed by atoms with Crippen LogP contribution in [0, 0.1) is 11.7 Å². The Kier molecular flexibility index (Phi) is 6.46. The van der Waals surface area contributed by atoms with E-state index >= 15 is 0 Å². The van der Waals surface area contributed by atoms with Crippen LogP contribution in [0.5, 0.6) is 0 Å². The molecule has 118 valence electrons. The summed E-state index contributed by atoms with van der Waals surface area (Å²) in [5.41, 5.74) is 6.24. The highest BCUT2D eigenvalue weighted by molar-refractivity contribution is 5.96. The summed E-state index contributed by atoms with van der Waals surface area (Å²) in [5.74, 6) is -0.398. The van der Waals surface area contributed by atoms with E-state index < -0.39 is 11.8 Å². The van der Waals surface area contributed by atoms with Gasteiger partial charge in [0.2, 0.25) is 0 Å². The number of benzene rings is 1. The summed E-state index contributed by atoms with van der Waals surface area (Å²) in [6, 6.07) is 2.69. The van der Waals surface area contributed by atoms with Crippen molar-refractivity contribution in [2.24, 2.45) is 5.92 Å². The molecule has 0 aliphatic rings. The number of esters is 1. The van der Waals surface area contributed by atoms with Crippen molar-refractivity contribution in [3.8, 4) is 0 Å². The van der Waals surface area contributed by atoms with E-state index in [2.05, 4.69) is 19.2 Å². The molecule has 0 heterocycles. The third-order valence-electron chi connectivity index (χ3n) is 3.21. The van der Waals surface area contributed by atoms with Crippen LogP contribution < -0.4 is 11.1 Å². The van der Waals surface area contributed by atoms with Gasteiger partial charge in [-0.05, 0) is 44.7 Å². The fourth-order valence-electron chi connectivity index (χ4n) is 2.01. The van der Waals surface area contributed by atoms with Crippen LogP contribution >= 0.6 is 0 Å². The summed E-state index contributed by atoms with van der Waals surface area (Å²) in [5, 5.41) is 3.09. The van der Waals surface area contributed by atoms with Crippen LogP contribution in [0.15, 0.2) is 12.1 Å². The van der Waals surface area contributed by atoms with Crippen LogP contribution in [-0.4, -0.2) is 18.6 Å². The van der Waals surface area contributed by atoms with Crippen molar-refractivity contribution >= 4 is 17.3 Å². The van der Waals surface area contributed by atoms with Gasteiger partial charge in [0.25, 0.3) is 0 Å². The van der Waals surface area contributed by atoms with Gasteiger partial charge in [0.05, 0.1) is 17.9 Å². The van der Waals surface area contributed by atoms with E-state index in [0.717, 1.165) is 18.9 Å². The normalized spacial score (nSPS) is 12.3. The highest BCUT2D eigenvalue weighted by Crippen LogP contribution is 2.24. The molecule has 0 radical (unpaired) electrons. The zero-order valence-corrected chi connectivity index (χ0v) is 13.2. The topological polar surface area (TPSA) is 64.3 Å². The molecule has 0 aliphatic carbocycles. The zero-order valence-electron chi connectivity index (χ0n) is 13.2. The summed E-state index contributed by atoms with van der Waals surface area (Å²) in [6.07, 6.45) is 1.98. The Morgan fingerprint density at radius 3 is 2.57 bits per heavy atom. The number of nitrogens with two attached hydrogens (primary N) is 1. The first kappa shape index (κ1) is 17.3. The zero-order chi connectivity index (χ0) is 16.0. The molecule has 0 amide bonds. The molecular formula is C16H25FN2O2. The number of hydrogen-bond acceptors (Lipinski definition) is 4. The van der Waals surface area contributed by atoms with Crippen LogP contribution in [0.4, 0.5) is 15.8 Å². The maximum Gasteiger partial charge on any atom is 0.340 e. The minimum atomic E-state index is -0.534. The van der Waals surface area contributed by atoms with E-state index in [1.54, 1.807) is 6.92 Å². The van der Waals surface area contributed by atoms with E-state index in [0.29, 0.717) is 5.92 Å². The number of carbonyl (C=O) groups excluding carboxylic acids is 1. The molecule has 0 fully saturated rings. The van der Waals surface area contributed by atoms with E-state index in [4.69, 9.17) is 10.5 Å². The van der Waals surface area contributed by atoms with Gasteiger partial charge < -0.3 is 15.8 Å². The number of hydrogen-bond donors (Lipinski definition) is 2. The number of anilines is 2. The SMILES string of the molecule is CCOC(=O)c1cc(NC(C)CCC(C)C)c(F)cc1N. The molecule has 3 N–H and O–H groups in total. The second-order valence-electron chi connectivity index (χ2n) is 5.66. The van der Waals surface area contributed by atoms with Crippen molar-refractivity contribution < 1.29 is 13.9 Å². The molecule has 21 heavy (non-hydrogen) atoms. The Labute approximate surface area is 125 Å². The minimum Gasteiger partial charge on any atom is -0.462 e. The first-order valence-corrected chi connectivity index (χ1v) is 7.37. The smallest absolute Gasteiger partial charge is 0.340 e. The Hall–Kier alpha value is -1.78. The first-order chi connectivity index (χ1) is 9.85. The predicted octanol–water partition coefficient (Wildman–Crippen LogP) is 3.82. The third kappa shape index (κ3) is 5.25. The molecule has 0 aromatic heterocycles. The van der Waals surface area contributed by atoms with E-state index in [-0.39, 0.29) is 29.6 Å². The largest absolute Gasteiger partial charge is 0.462 e.